The zero-order chi connectivity index (χ0) is 40.8. The van der Waals surface area contributed by atoms with Gasteiger partial charge in [0.05, 0.1) is 22.9 Å². The van der Waals surface area contributed by atoms with Crippen molar-refractivity contribution in [2.24, 2.45) is 15.9 Å². The van der Waals surface area contributed by atoms with Gasteiger partial charge in [-0.05, 0) is 69.9 Å². The van der Waals surface area contributed by atoms with Crippen LogP contribution in [-0.4, -0.2) is 105 Å². The molecule has 2 aliphatic heterocycles. The van der Waals surface area contributed by atoms with E-state index in [1.807, 2.05) is 18.5 Å². The van der Waals surface area contributed by atoms with E-state index >= 15 is 0 Å². The number of nitrogens with two attached hydrogens (primary N) is 1. The number of unbranched alkanes of at least 4 members (excludes halogenated alkanes) is 2. The molecule has 0 bridgehead atoms. The van der Waals surface area contributed by atoms with Gasteiger partial charge in [-0.15, -0.1) is 0 Å². The third kappa shape index (κ3) is 10.3. The number of aliphatic imine (C=N–C) groups is 1. The third-order valence-electron chi connectivity index (χ3n) is 9.14. The molecule has 0 radical (unpaired) electrons. The smallest absolute Gasteiger partial charge is 0.366 e. The summed E-state index contributed by atoms with van der Waals surface area (Å²) in [5.41, 5.74) is 5.27. The van der Waals surface area contributed by atoms with Crippen LogP contribution in [0.3, 0.4) is 0 Å². The molecule has 0 saturated carbocycles. The number of phenolic OH excluding ortho intramolecular Hbond substituents is 1. The van der Waals surface area contributed by atoms with Crippen molar-refractivity contribution in [2.45, 2.75) is 96.2 Å². The van der Waals surface area contributed by atoms with Crippen molar-refractivity contribution in [3.05, 3.63) is 58.5 Å². The number of aromatic hydroxyl groups is 1. The van der Waals surface area contributed by atoms with Crippen LogP contribution in [-0.2, 0) is 40.7 Å². The topological polar surface area (TPSA) is 243 Å². The van der Waals surface area contributed by atoms with Crippen molar-refractivity contribution in [2.75, 3.05) is 13.7 Å². The maximum atomic E-state index is 13.4. The molecule has 2 amide bonds. The van der Waals surface area contributed by atoms with Crippen LogP contribution in [0.4, 0.5) is 0 Å². The Bertz CT molecular complexity index is 2020. The first kappa shape index (κ1) is 42.6. The number of β-lactam (4-membered cyclic amide) rings is 1. The molecule has 55 heavy (non-hydrogen) atoms. The van der Waals surface area contributed by atoms with E-state index in [0.29, 0.717) is 12.0 Å². The molecule has 1 aromatic carbocycles. The Morgan fingerprint density at radius 3 is 2.60 bits per heavy atom. The van der Waals surface area contributed by atoms with E-state index in [-0.39, 0.29) is 45.7 Å². The Morgan fingerprint density at radius 1 is 1.29 bits per heavy atom. The van der Waals surface area contributed by atoms with Gasteiger partial charge >= 0.3 is 21.5 Å². The second-order valence-corrected chi connectivity index (χ2v) is 15.5. The molecule has 3 aliphatic rings. The Morgan fingerprint density at radius 2 is 2.00 bits per heavy atom. The third-order valence-corrected chi connectivity index (χ3v) is 10.2. The minimum atomic E-state index is -5.14. The SMILES string of the molecule is C=[N+](C)[C@@H]1CCC(C)=C[C@H]1c1c(O)cc(CCCCC)cc1OC(=S)OC/C=C1\[C@H](NC(=O)/C(=N\OC(C)(C)C(=O)O)C2=CCC(N)=N2)C(=O)N1S(=O)(=O)O. The van der Waals surface area contributed by atoms with E-state index in [0.717, 1.165) is 49.3 Å². The number of ether oxygens (including phenoxy) is 2. The summed E-state index contributed by atoms with van der Waals surface area (Å²) in [4.78, 5) is 47.0. The number of nitrogens with one attached hydrogen (secondary N) is 1. The van der Waals surface area contributed by atoms with Crippen molar-refractivity contribution in [3.8, 4) is 11.5 Å². The molecule has 1 fully saturated rings. The van der Waals surface area contributed by atoms with E-state index in [4.69, 9.17) is 32.3 Å². The first-order valence-corrected chi connectivity index (χ1v) is 19.3. The summed E-state index contributed by atoms with van der Waals surface area (Å²) in [6.45, 7) is 10.1. The van der Waals surface area contributed by atoms with E-state index in [1.54, 1.807) is 12.1 Å². The number of allylic oxidation sites excluding steroid dienone is 1. The van der Waals surface area contributed by atoms with Crippen molar-refractivity contribution in [1.82, 2.24) is 9.62 Å². The molecule has 298 valence electrons. The van der Waals surface area contributed by atoms with Gasteiger partial charge in [-0.3, -0.25) is 14.1 Å². The van der Waals surface area contributed by atoms with Crippen LogP contribution >= 0.6 is 12.2 Å². The number of aryl methyl sites for hydroxylation is 1. The summed E-state index contributed by atoms with van der Waals surface area (Å²) < 4.78 is 47.6. The second kappa shape index (κ2) is 17.5. The number of carboxylic acid groups (broad SMARTS) is 1. The van der Waals surface area contributed by atoms with Gasteiger partial charge in [0.2, 0.25) is 5.60 Å². The lowest BCUT2D eigenvalue weighted by Gasteiger charge is -2.38. The molecule has 6 N–H and O–H groups in total. The van der Waals surface area contributed by atoms with Crippen LogP contribution in [0.15, 0.2) is 57.5 Å². The normalized spacial score (nSPS) is 20.9. The standard InChI is InChI=1S/C36H46N6O11S2/c1-7-8-9-10-21-18-26(43)29(22-17-20(2)11-13-24(22)41(5)6)27(19-21)52-35(54)51-16-15-25-31(33(45)42(25)55(48,49)50)39-32(44)30(23-12-14-28(37)38-23)40-53-36(3,4)34(46)47/h12,15,17-19,22,24,31H,5,7-11,13-14,16H2,1-4,6H3,(H5-,37,38,39,43,44,46,47,48,49,50)/p+1/b25-15+,40-30-/t22-,24-,31+/m1/s1. The number of oxime groups is 1. The molecule has 3 atom stereocenters. The number of carbonyl (C=O) groups excluding carboxylic acids is 2. The maximum Gasteiger partial charge on any atom is 0.366 e. The number of carbonyl (C=O) groups is 3. The van der Waals surface area contributed by atoms with E-state index in [9.17, 15) is 37.6 Å². The first-order valence-electron chi connectivity index (χ1n) is 17.5. The van der Waals surface area contributed by atoms with Gasteiger partial charge in [0, 0.05) is 25.1 Å². The zero-order valence-corrected chi connectivity index (χ0v) is 32.9. The van der Waals surface area contributed by atoms with Crippen molar-refractivity contribution >= 4 is 63.8 Å². The molecule has 2 heterocycles. The summed E-state index contributed by atoms with van der Waals surface area (Å²) in [5, 5.41) is 26.3. The fourth-order valence-electron chi connectivity index (χ4n) is 6.16. The number of nitrogens with zero attached hydrogens (tertiary/aromatic N) is 4. The molecule has 1 aliphatic carbocycles. The summed E-state index contributed by atoms with van der Waals surface area (Å²) in [5.74, 6) is -3.62. The predicted molar refractivity (Wildman–Crippen MR) is 206 cm³/mol. The van der Waals surface area contributed by atoms with Gasteiger partial charge in [0.1, 0.15) is 37.7 Å². The summed E-state index contributed by atoms with van der Waals surface area (Å²) in [7, 11) is -3.28. The fourth-order valence-corrected chi connectivity index (χ4v) is 7.09. The highest BCUT2D eigenvalue weighted by Crippen LogP contribution is 2.43. The number of hydrogen-bond donors (Lipinski definition) is 5. The highest BCUT2D eigenvalue weighted by molar-refractivity contribution is 7.84. The number of phenols is 1. The summed E-state index contributed by atoms with van der Waals surface area (Å²) in [6, 6.07) is 1.81. The Hall–Kier alpha value is -5.14. The molecule has 4 rings (SSSR count). The summed E-state index contributed by atoms with van der Waals surface area (Å²) in [6.07, 6.45) is 9.91. The monoisotopic (exact) mass is 803 g/mol. The number of amides is 2. The summed E-state index contributed by atoms with van der Waals surface area (Å²) >= 11 is 5.40. The van der Waals surface area contributed by atoms with Crippen LogP contribution in [0.2, 0.25) is 0 Å². The maximum absolute atomic E-state index is 13.4. The quantitative estimate of drug-likeness (QED) is 0.0236. The van der Waals surface area contributed by atoms with Gasteiger partial charge in [-0.1, -0.05) is 36.6 Å². The average molecular weight is 804 g/mol. The Labute approximate surface area is 324 Å². The number of amidine groups is 1. The lowest BCUT2D eigenvalue weighted by atomic mass is 9.80. The largest absolute Gasteiger partial charge is 0.507 e. The van der Waals surface area contributed by atoms with Crippen LogP contribution in [0.5, 0.6) is 11.5 Å². The van der Waals surface area contributed by atoms with Crippen LogP contribution in [0.1, 0.15) is 83.3 Å². The van der Waals surface area contributed by atoms with Crippen molar-refractivity contribution in [3.63, 3.8) is 0 Å². The number of hydrogen-bond acceptors (Lipinski definition) is 13. The minimum Gasteiger partial charge on any atom is -0.507 e. The lowest BCUT2D eigenvalue weighted by molar-refractivity contribution is -0.534. The molecule has 0 unspecified atom stereocenters. The van der Waals surface area contributed by atoms with E-state index < -0.39 is 63.0 Å². The first-order chi connectivity index (χ1) is 25.7. The average Bonchev–Trinajstić information content (AvgIpc) is 3.51. The van der Waals surface area contributed by atoms with Gasteiger partial charge in [0.25, 0.3) is 11.8 Å². The van der Waals surface area contributed by atoms with Gasteiger partial charge in [-0.25, -0.2) is 14.4 Å². The van der Waals surface area contributed by atoms with Crippen molar-refractivity contribution < 1.29 is 56.5 Å². The molecule has 1 saturated heterocycles. The number of likely N-dealkylation sites (N-methyl/N-ethyl adjacent to an activating group) is 1. The highest BCUT2D eigenvalue weighted by atomic mass is 32.2. The zero-order valence-electron chi connectivity index (χ0n) is 31.3. The number of benzene rings is 1. The molecule has 0 spiro atoms. The molecule has 19 heteroatoms. The van der Waals surface area contributed by atoms with Crippen LogP contribution in [0.25, 0.3) is 0 Å². The predicted octanol–water partition coefficient (Wildman–Crippen LogP) is 3.23. The number of aliphatic carboxylic acids is 1. The lowest BCUT2D eigenvalue weighted by Crippen LogP contribution is -2.64. The van der Waals surface area contributed by atoms with Gasteiger partial charge < -0.3 is 35.6 Å². The van der Waals surface area contributed by atoms with Crippen LogP contribution < -0.4 is 15.8 Å². The number of carboxylic acids is 1. The van der Waals surface area contributed by atoms with Crippen LogP contribution in [0, 0.1) is 0 Å². The molecule has 0 aromatic heterocycles. The molecule has 1 aromatic rings. The van der Waals surface area contributed by atoms with Crippen molar-refractivity contribution in [1.29, 1.82) is 0 Å². The van der Waals surface area contributed by atoms with Gasteiger partial charge in [-0.2, -0.15) is 12.7 Å². The molecular formula is C36H47N6O11S2+. The second-order valence-electron chi connectivity index (χ2n) is 13.9. The van der Waals surface area contributed by atoms with E-state index in [1.165, 1.54) is 19.9 Å². The number of thiocarbonyl (C=S) groups is 1. The minimum absolute atomic E-state index is 0.0219. The Kier molecular flexibility index (Phi) is 13.6. The number of rotatable bonds is 16. The fraction of sp³-hybridized carbons (Fsp3) is 0.472. The van der Waals surface area contributed by atoms with Gasteiger partial charge in [0.15, 0.2) is 17.8 Å². The highest BCUT2D eigenvalue weighted by Gasteiger charge is 2.50. The van der Waals surface area contributed by atoms with E-state index in [2.05, 4.69) is 35.2 Å². The molecular weight excluding hydrogens is 757 g/mol. The molecule has 17 nitrogen and oxygen atoms in total. The Balaban J connectivity index is 1.59.